The van der Waals surface area contributed by atoms with Crippen LogP contribution in [0.5, 0.6) is 0 Å². The molecule has 2 aliphatic heterocycles. The number of cyclic esters (lactones) is 1. The monoisotopic (exact) mass is 226 g/mol. The molecular weight excluding hydrogens is 204 g/mol. The summed E-state index contributed by atoms with van der Waals surface area (Å²) < 4.78 is 4.89. The number of nitrogens with one attached hydrogen (secondary N) is 1. The first-order valence-corrected chi connectivity index (χ1v) is 6.48. The number of amides is 1. The third-order valence-electron chi connectivity index (χ3n) is 3.59. The van der Waals surface area contributed by atoms with Crippen LogP contribution in [0.3, 0.4) is 0 Å². The van der Waals surface area contributed by atoms with Crippen molar-refractivity contribution < 1.29 is 9.53 Å². The molecule has 0 aliphatic carbocycles. The predicted octanol–water partition coefficient (Wildman–Crippen LogP) is 1.61. The highest BCUT2D eigenvalue weighted by Gasteiger charge is 2.21. The zero-order chi connectivity index (χ0) is 11.2. The standard InChI is InChI=1S/C12H22N2O2/c15-12-14(9-10-16-12)8-2-1-3-11-4-6-13-7-5-11/h11,13H,1-10H2. The van der Waals surface area contributed by atoms with Gasteiger partial charge >= 0.3 is 6.09 Å². The van der Waals surface area contributed by atoms with Crippen LogP contribution in [0.15, 0.2) is 0 Å². The first kappa shape index (κ1) is 11.7. The van der Waals surface area contributed by atoms with Crippen LogP contribution in [0.4, 0.5) is 4.79 Å². The number of nitrogens with zero attached hydrogens (tertiary/aromatic N) is 1. The van der Waals surface area contributed by atoms with E-state index < -0.39 is 0 Å². The van der Waals surface area contributed by atoms with E-state index in [0.717, 1.165) is 25.4 Å². The largest absolute Gasteiger partial charge is 0.448 e. The van der Waals surface area contributed by atoms with Crippen LogP contribution in [0.25, 0.3) is 0 Å². The molecule has 2 heterocycles. The van der Waals surface area contributed by atoms with Gasteiger partial charge in [-0.15, -0.1) is 0 Å². The lowest BCUT2D eigenvalue weighted by Gasteiger charge is -2.22. The summed E-state index contributed by atoms with van der Waals surface area (Å²) in [5, 5.41) is 3.39. The molecule has 1 N–H and O–H groups in total. The van der Waals surface area contributed by atoms with Crippen molar-refractivity contribution in [3.63, 3.8) is 0 Å². The van der Waals surface area contributed by atoms with Crippen molar-refractivity contribution in [1.82, 2.24) is 10.2 Å². The SMILES string of the molecule is O=C1OCCN1CCCCC1CCNCC1. The summed E-state index contributed by atoms with van der Waals surface area (Å²) in [6.07, 6.45) is 6.22. The van der Waals surface area contributed by atoms with Gasteiger partial charge in [0.2, 0.25) is 0 Å². The van der Waals surface area contributed by atoms with Gasteiger partial charge in [-0.2, -0.15) is 0 Å². The second kappa shape index (κ2) is 6.09. The predicted molar refractivity (Wildman–Crippen MR) is 62.4 cm³/mol. The number of carbonyl (C=O) groups excluding carboxylic acids is 1. The van der Waals surface area contributed by atoms with Crippen molar-refractivity contribution in [3.8, 4) is 0 Å². The van der Waals surface area contributed by atoms with E-state index >= 15 is 0 Å². The first-order chi connectivity index (χ1) is 7.86. The van der Waals surface area contributed by atoms with Crippen LogP contribution in [0.2, 0.25) is 0 Å². The minimum atomic E-state index is -0.123. The molecule has 2 rings (SSSR count). The van der Waals surface area contributed by atoms with Crippen LogP contribution >= 0.6 is 0 Å². The second-order valence-corrected chi connectivity index (χ2v) is 4.79. The molecule has 2 saturated heterocycles. The number of unbranched alkanes of at least 4 members (excludes halogenated alkanes) is 1. The van der Waals surface area contributed by atoms with Gasteiger partial charge in [0.1, 0.15) is 6.61 Å². The van der Waals surface area contributed by atoms with Gasteiger partial charge in [0.15, 0.2) is 0 Å². The molecule has 0 aromatic rings. The highest BCUT2D eigenvalue weighted by atomic mass is 16.6. The third-order valence-corrected chi connectivity index (χ3v) is 3.59. The van der Waals surface area contributed by atoms with Crippen molar-refractivity contribution in [3.05, 3.63) is 0 Å². The highest BCUT2D eigenvalue weighted by Crippen LogP contribution is 2.19. The van der Waals surface area contributed by atoms with Gasteiger partial charge < -0.3 is 15.0 Å². The summed E-state index contributed by atoms with van der Waals surface area (Å²) in [5.74, 6) is 0.909. The van der Waals surface area contributed by atoms with Crippen LogP contribution in [0.1, 0.15) is 32.1 Å². The molecule has 92 valence electrons. The number of hydrogen-bond donors (Lipinski definition) is 1. The molecule has 0 aromatic heterocycles. The molecule has 0 radical (unpaired) electrons. The Hall–Kier alpha value is -0.770. The van der Waals surface area contributed by atoms with Crippen molar-refractivity contribution in [2.75, 3.05) is 32.8 Å². The Morgan fingerprint density at radius 3 is 2.81 bits per heavy atom. The lowest BCUT2D eigenvalue weighted by Crippen LogP contribution is -2.28. The van der Waals surface area contributed by atoms with Gasteiger partial charge in [0.25, 0.3) is 0 Å². The maximum absolute atomic E-state index is 11.2. The number of piperidine rings is 1. The van der Waals surface area contributed by atoms with E-state index in [9.17, 15) is 4.79 Å². The fourth-order valence-electron chi connectivity index (χ4n) is 2.53. The van der Waals surface area contributed by atoms with E-state index in [-0.39, 0.29) is 6.09 Å². The summed E-state index contributed by atoms with van der Waals surface area (Å²) >= 11 is 0. The number of hydrogen-bond acceptors (Lipinski definition) is 3. The quantitative estimate of drug-likeness (QED) is 0.724. The average molecular weight is 226 g/mol. The maximum atomic E-state index is 11.2. The van der Waals surface area contributed by atoms with Gasteiger partial charge in [-0.1, -0.05) is 12.8 Å². The summed E-state index contributed by atoms with van der Waals surface area (Å²) in [6.45, 7) is 4.61. The Bertz CT molecular complexity index is 227. The van der Waals surface area contributed by atoms with Gasteiger partial charge in [0.05, 0.1) is 6.54 Å². The first-order valence-electron chi connectivity index (χ1n) is 6.48. The normalized spacial score (nSPS) is 22.5. The Morgan fingerprint density at radius 1 is 1.31 bits per heavy atom. The zero-order valence-corrected chi connectivity index (χ0v) is 9.91. The van der Waals surface area contributed by atoms with Crippen molar-refractivity contribution in [2.45, 2.75) is 32.1 Å². The molecule has 0 aromatic carbocycles. The molecule has 0 bridgehead atoms. The molecule has 0 spiro atoms. The Labute approximate surface area is 97.3 Å². The lowest BCUT2D eigenvalue weighted by molar-refractivity contribution is 0.158. The summed E-state index contributed by atoms with van der Waals surface area (Å²) in [4.78, 5) is 13.0. The molecule has 0 unspecified atom stereocenters. The number of rotatable bonds is 5. The van der Waals surface area contributed by atoms with E-state index in [0.29, 0.717) is 6.61 Å². The molecule has 4 heteroatoms. The molecule has 1 amide bonds. The second-order valence-electron chi connectivity index (χ2n) is 4.79. The van der Waals surface area contributed by atoms with E-state index in [4.69, 9.17) is 4.74 Å². The minimum absolute atomic E-state index is 0.123. The Balaban J connectivity index is 1.52. The smallest absolute Gasteiger partial charge is 0.409 e. The molecule has 2 aliphatic rings. The van der Waals surface area contributed by atoms with Crippen molar-refractivity contribution in [2.24, 2.45) is 5.92 Å². The van der Waals surface area contributed by atoms with Gasteiger partial charge in [-0.05, 0) is 38.3 Å². The molecular formula is C12H22N2O2. The van der Waals surface area contributed by atoms with Crippen LogP contribution in [0, 0.1) is 5.92 Å². The van der Waals surface area contributed by atoms with E-state index in [1.165, 1.54) is 38.8 Å². The van der Waals surface area contributed by atoms with Crippen LogP contribution in [-0.2, 0) is 4.74 Å². The zero-order valence-electron chi connectivity index (χ0n) is 9.91. The Kier molecular flexibility index (Phi) is 4.45. The Morgan fingerprint density at radius 2 is 2.12 bits per heavy atom. The lowest BCUT2D eigenvalue weighted by atomic mass is 9.92. The summed E-state index contributed by atoms with van der Waals surface area (Å²) in [6, 6.07) is 0. The van der Waals surface area contributed by atoms with Gasteiger partial charge in [0, 0.05) is 6.54 Å². The van der Waals surface area contributed by atoms with Crippen LogP contribution in [-0.4, -0.2) is 43.8 Å². The molecule has 16 heavy (non-hydrogen) atoms. The maximum Gasteiger partial charge on any atom is 0.409 e. The van der Waals surface area contributed by atoms with E-state index in [1.807, 2.05) is 4.90 Å². The molecule has 0 saturated carbocycles. The fourth-order valence-corrected chi connectivity index (χ4v) is 2.53. The summed E-state index contributed by atoms with van der Waals surface area (Å²) in [5.41, 5.74) is 0. The van der Waals surface area contributed by atoms with Crippen LogP contribution < -0.4 is 5.32 Å². The summed E-state index contributed by atoms with van der Waals surface area (Å²) in [7, 11) is 0. The molecule has 4 nitrogen and oxygen atoms in total. The van der Waals surface area contributed by atoms with Crippen molar-refractivity contribution in [1.29, 1.82) is 0 Å². The van der Waals surface area contributed by atoms with Gasteiger partial charge in [-0.3, -0.25) is 0 Å². The van der Waals surface area contributed by atoms with Gasteiger partial charge in [-0.25, -0.2) is 4.79 Å². The average Bonchev–Trinajstić information content (AvgIpc) is 2.72. The third kappa shape index (κ3) is 3.37. The number of carbonyl (C=O) groups is 1. The highest BCUT2D eigenvalue weighted by molar-refractivity contribution is 5.69. The van der Waals surface area contributed by atoms with E-state index in [2.05, 4.69) is 5.32 Å². The van der Waals surface area contributed by atoms with E-state index in [1.54, 1.807) is 0 Å². The number of ether oxygens (including phenoxy) is 1. The topological polar surface area (TPSA) is 41.6 Å². The van der Waals surface area contributed by atoms with Crippen molar-refractivity contribution >= 4 is 6.09 Å². The molecule has 2 fully saturated rings. The molecule has 0 atom stereocenters. The minimum Gasteiger partial charge on any atom is -0.448 e. The fraction of sp³-hybridized carbons (Fsp3) is 0.917.